The summed E-state index contributed by atoms with van der Waals surface area (Å²) < 4.78 is 46.4. The molecular formula is C19H19FN4O4S. The summed E-state index contributed by atoms with van der Waals surface area (Å²) in [7, 11) is -0.785. The van der Waals surface area contributed by atoms with Gasteiger partial charge in [-0.15, -0.1) is 0 Å². The van der Waals surface area contributed by atoms with Crippen molar-refractivity contribution in [2.24, 2.45) is 7.05 Å². The first kappa shape index (κ1) is 20.5. The van der Waals surface area contributed by atoms with Crippen LogP contribution in [0.25, 0.3) is 0 Å². The molecule has 0 atom stereocenters. The molecule has 0 aliphatic rings. The number of nitrogens with zero attached hydrogens (tertiary/aromatic N) is 2. The Morgan fingerprint density at radius 2 is 2.03 bits per heavy atom. The van der Waals surface area contributed by atoms with Gasteiger partial charge in [-0.3, -0.25) is 4.79 Å². The average Bonchev–Trinajstić information content (AvgIpc) is 3.10. The molecule has 0 unspecified atom stereocenters. The van der Waals surface area contributed by atoms with Crippen molar-refractivity contribution in [3.63, 3.8) is 0 Å². The first-order chi connectivity index (χ1) is 13.8. The van der Waals surface area contributed by atoms with E-state index in [4.69, 9.17) is 4.74 Å². The van der Waals surface area contributed by atoms with Gasteiger partial charge in [-0.2, -0.15) is 0 Å². The molecule has 1 amide bonds. The van der Waals surface area contributed by atoms with Crippen molar-refractivity contribution >= 4 is 15.9 Å². The Labute approximate surface area is 167 Å². The number of hydrogen-bond donors (Lipinski definition) is 2. The zero-order chi connectivity index (χ0) is 21.0. The van der Waals surface area contributed by atoms with Gasteiger partial charge in [0.1, 0.15) is 22.2 Å². The normalized spacial score (nSPS) is 11.3. The molecule has 0 fully saturated rings. The minimum absolute atomic E-state index is 0.0100. The van der Waals surface area contributed by atoms with E-state index >= 15 is 0 Å². The van der Waals surface area contributed by atoms with Gasteiger partial charge in [-0.05, 0) is 31.3 Å². The molecule has 3 rings (SSSR count). The lowest BCUT2D eigenvalue weighted by atomic mass is 10.2. The van der Waals surface area contributed by atoms with E-state index in [1.54, 1.807) is 25.2 Å². The van der Waals surface area contributed by atoms with E-state index in [1.165, 1.54) is 48.3 Å². The van der Waals surface area contributed by atoms with Crippen LogP contribution < -0.4 is 14.8 Å². The molecule has 152 valence electrons. The van der Waals surface area contributed by atoms with Crippen LogP contribution in [-0.2, 0) is 23.6 Å². The Bertz CT molecular complexity index is 1140. The number of aromatic nitrogens is 2. The van der Waals surface area contributed by atoms with E-state index in [2.05, 4.69) is 15.0 Å². The van der Waals surface area contributed by atoms with Crippen LogP contribution in [0.4, 0.5) is 4.39 Å². The van der Waals surface area contributed by atoms with Crippen molar-refractivity contribution < 1.29 is 22.3 Å². The summed E-state index contributed by atoms with van der Waals surface area (Å²) >= 11 is 0. The Kier molecular flexibility index (Phi) is 5.95. The van der Waals surface area contributed by atoms with Crippen LogP contribution >= 0.6 is 0 Å². The fraction of sp³-hybridized carbons (Fsp3) is 0.158. The molecule has 0 bridgehead atoms. The lowest BCUT2D eigenvalue weighted by Gasteiger charge is -2.11. The van der Waals surface area contributed by atoms with Gasteiger partial charge in [0.05, 0.1) is 0 Å². The fourth-order valence-corrected chi connectivity index (χ4v) is 3.38. The SMILES string of the molecule is CNS(=O)(=O)c1cc(C(=O)NCc2cccnc2Oc2cccc(F)c2)n(C)c1. The predicted molar refractivity (Wildman–Crippen MR) is 104 cm³/mol. The summed E-state index contributed by atoms with van der Waals surface area (Å²) in [4.78, 5) is 16.6. The standard InChI is InChI=1S/C19H19FN4O4S/c1-21-29(26,27)16-10-17(24(2)12-16)18(25)23-11-13-5-4-8-22-19(13)28-15-7-3-6-14(20)9-15/h3-10,12,21H,11H2,1-2H3,(H,23,25). The lowest BCUT2D eigenvalue weighted by molar-refractivity contribution is 0.0942. The number of nitrogens with one attached hydrogen (secondary N) is 2. The minimum atomic E-state index is -3.66. The third-order valence-corrected chi connectivity index (χ3v) is 5.47. The molecule has 0 spiro atoms. The summed E-state index contributed by atoms with van der Waals surface area (Å²) in [6.07, 6.45) is 2.87. The van der Waals surface area contributed by atoms with Gasteiger partial charge < -0.3 is 14.6 Å². The van der Waals surface area contributed by atoms with Gasteiger partial charge >= 0.3 is 0 Å². The molecule has 1 aromatic carbocycles. The predicted octanol–water partition coefficient (Wildman–Crippen LogP) is 2.19. The highest BCUT2D eigenvalue weighted by Crippen LogP contribution is 2.23. The summed E-state index contributed by atoms with van der Waals surface area (Å²) in [6.45, 7) is 0.0800. The second kappa shape index (κ2) is 8.41. The minimum Gasteiger partial charge on any atom is -0.439 e. The number of carbonyl (C=O) groups is 1. The van der Waals surface area contributed by atoms with Gasteiger partial charge in [0.2, 0.25) is 15.9 Å². The molecule has 0 radical (unpaired) electrons. The second-order valence-electron chi connectivity index (χ2n) is 6.09. The Morgan fingerprint density at radius 1 is 1.24 bits per heavy atom. The monoisotopic (exact) mass is 418 g/mol. The number of carbonyl (C=O) groups excluding carboxylic acids is 1. The molecule has 10 heteroatoms. The average molecular weight is 418 g/mol. The third kappa shape index (κ3) is 4.79. The van der Waals surface area contributed by atoms with E-state index in [0.29, 0.717) is 5.56 Å². The number of aryl methyl sites for hydroxylation is 1. The Balaban J connectivity index is 1.75. The molecule has 2 N–H and O–H groups in total. The highest BCUT2D eigenvalue weighted by atomic mass is 32.2. The van der Waals surface area contributed by atoms with E-state index in [1.807, 2.05) is 0 Å². The Morgan fingerprint density at radius 3 is 2.76 bits per heavy atom. The van der Waals surface area contributed by atoms with Gasteiger partial charge in [0.25, 0.3) is 5.91 Å². The molecule has 3 aromatic rings. The number of rotatable bonds is 7. The highest BCUT2D eigenvalue weighted by molar-refractivity contribution is 7.89. The molecule has 0 aliphatic heterocycles. The smallest absolute Gasteiger partial charge is 0.268 e. The van der Waals surface area contributed by atoms with Crippen molar-refractivity contribution in [2.45, 2.75) is 11.4 Å². The number of pyridine rings is 1. The van der Waals surface area contributed by atoms with Crippen LogP contribution in [-0.4, -0.2) is 30.9 Å². The van der Waals surface area contributed by atoms with Crippen LogP contribution in [0.1, 0.15) is 16.1 Å². The van der Waals surface area contributed by atoms with Crippen LogP contribution in [0.5, 0.6) is 11.6 Å². The van der Waals surface area contributed by atoms with Crippen molar-refractivity contribution in [3.05, 3.63) is 71.9 Å². The second-order valence-corrected chi connectivity index (χ2v) is 7.98. The number of halogens is 1. The van der Waals surface area contributed by atoms with E-state index in [9.17, 15) is 17.6 Å². The molecule has 2 aromatic heterocycles. The van der Waals surface area contributed by atoms with Crippen LogP contribution in [0.2, 0.25) is 0 Å². The maximum atomic E-state index is 13.4. The van der Waals surface area contributed by atoms with Crippen molar-refractivity contribution in [3.8, 4) is 11.6 Å². The number of sulfonamides is 1. The quantitative estimate of drug-likeness (QED) is 0.612. The van der Waals surface area contributed by atoms with E-state index in [0.717, 1.165) is 0 Å². The zero-order valence-corrected chi connectivity index (χ0v) is 16.5. The molecule has 29 heavy (non-hydrogen) atoms. The highest BCUT2D eigenvalue weighted by Gasteiger charge is 2.19. The van der Waals surface area contributed by atoms with Gasteiger partial charge in [-0.25, -0.2) is 22.5 Å². The van der Waals surface area contributed by atoms with Gasteiger partial charge in [0, 0.05) is 37.6 Å². The number of ether oxygens (including phenoxy) is 1. The lowest BCUT2D eigenvalue weighted by Crippen LogP contribution is -2.25. The molecular weight excluding hydrogens is 399 g/mol. The van der Waals surface area contributed by atoms with Crippen molar-refractivity contribution in [1.82, 2.24) is 19.6 Å². The number of amides is 1. The zero-order valence-electron chi connectivity index (χ0n) is 15.7. The maximum absolute atomic E-state index is 13.4. The summed E-state index contributed by atoms with van der Waals surface area (Å²) in [5.74, 6) is -0.403. The van der Waals surface area contributed by atoms with Crippen molar-refractivity contribution in [1.29, 1.82) is 0 Å². The molecule has 8 nitrogen and oxygen atoms in total. The molecule has 0 saturated heterocycles. The summed E-state index contributed by atoms with van der Waals surface area (Å²) in [5.41, 5.74) is 0.748. The third-order valence-electron chi connectivity index (χ3n) is 4.09. The summed E-state index contributed by atoms with van der Waals surface area (Å²) in [6, 6.07) is 10.3. The van der Waals surface area contributed by atoms with E-state index < -0.39 is 21.7 Å². The topological polar surface area (TPSA) is 102 Å². The van der Waals surface area contributed by atoms with Crippen LogP contribution in [0, 0.1) is 5.82 Å². The fourth-order valence-electron chi connectivity index (χ4n) is 2.58. The molecule has 0 aliphatic carbocycles. The van der Waals surface area contributed by atoms with E-state index in [-0.39, 0.29) is 28.8 Å². The number of hydrogen-bond acceptors (Lipinski definition) is 5. The van der Waals surface area contributed by atoms with Crippen LogP contribution in [0.15, 0.2) is 59.8 Å². The summed E-state index contributed by atoms with van der Waals surface area (Å²) in [5, 5.41) is 2.71. The largest absolute Gasteiger partial charge is 0.439 e. The van der Waals surface area contributed by atoms with Gasteiger partial charge in [0.15, 0.2) is 0 Å². The molecule has 0 saturated carbocycles. The maximum Gasteiger partial charge on any atom is 0.268 e. The first-order valence-electron chi connectivity index (χ1n) is 8.55. The Hall–Kier alpha value is -3.24. The van der Waals surface area contributed by atoms with Crippen LogP contribution in [0.3, 0.4) is 0 Å². The van der Waals surface area contributed by atoms with Crippen molar-refractivity contribution in [2.75, 3.05) is 7.05 Å². The number of benzene rings is 1. The molecule has 2 heterocycles. The first-order valence-corrected chi connectivity index (χ1v) is 10.0. The van der Waals surface area contributed by atoms with Gasteiger partial charge in [-0.1, -0.05) is 12.1 Å².